The number of hydrogen-bond acceptors (Lipinski definition) is 5. The van der Waals surface area contributed by atoms with E-state index in [4.69, 9.17) is 8.92 Å². The Hall–Kier alpha value is -3.59. The van der Waals surface area contributed by atoms with E-state index in [9.17, 15) is 17.6 Å². The number of carbonyl (C=O) groups is 1. The van der Waals surface area contributed by atoms with Crippen molar-refractivity contribution in [2.75, 3.05) is 12.4 Å². The van der Waals surface area contributed by atoms with Crippen LogP contribution in [0.4, 0.5) is 14.9 Å². The SMILES string of the molecule is CC[C@H](C)N(Cc1ccc(OC)c(OS(=O)(=O)c2ccc(F)cc2)c1)C(=O)Nc1ccccc1C. The molecule has 0 radical (unpaired) electrons. The van der Waals surface area contributed by atoms with Crippen molar-refractivity contribution < 1.29 is 26.5 Å². The molecule has 186 valence electrons. The summed E-state index contributed by atoms with van der Waals surface area (Å²) in [5, 5.41) is 2.95. The highest BCUT2D eigenvalue weighted by atomic mass is 32.2. The van der Waals surface area contributed by atoms with Gasteiger partial charge in [0.25, 0.3) is 0 Å². The molecule has 35 heavy (non-hydrogen) atoms. The molecule has 0 heterocycles. The fourth-order valence-corrected chi connectivity index (χ4v) is 4.33. The molecule has 3 aromatic carbocycles. The van der Waals surface area contributed by atoms with Gasteiger partial charge in [-0.05, 0) is 73.9 Å². The molecule has 0 aliphatic carbocycles. The van der Waals surface area contributed by atoms with Gasteiger partial charge in [-0.25, -0.2) is 9.18 Å². The summed E-state index contributed by atoms with van der Waals surface area (Å²) in [7, 11) is -2.83. The molecule has 0 aliphatic rings. The van der Waals surface area contributed by atoms with Gasteiger partial charge in [-0.2, -0.15) is 8.42 Å². The van der Waals surface area contributed by atoms with Crippen LogP contribution in [0.1, 0.15) is 31.4 Å². The van der Waals surface area contributed by atoms with E-state index in [2.05, 4.69) is 5.32 Å². The van der Waals surface area contributed by atoms with Crippen LogP contribution < -0.4 is 14.2 Å². The van der Waals surface area contributed by atoms with Crippen molar-refractivity contribution >= 4 is 21.8 Å². The first-order valence-electron chi connectivity index (χ1n) is 11.1. The van der Waals surface area contributed by atoms with Gasteiger partial charge in [-0.1, -0.05) is 31.2 Å². The van der Waals surface area contributed by atoms with Gasteiger partial charge < -0.3 is 19.1 Å². The standard InChI is InChI=1S/C26H29FN2O5S/c1-5-19(3)29(26(30)28-23-9-7-6-8-18(23)2)17-20-10-15-24(33-4)25(16-20)34-35(31,32)22-13-11-21(27)12-14-22/h6-16,19H,5,17H2,1-4H3,(H,28,30)/t19-/m0/s1. The van der Waals surface area contributed by atoms with Gasteiger partial charge in [0.2, 0.25) is 0 Å². The van der Waals surface area contributed by atoms with E-state index in [-0.39, 0.29) is 35.0 Å². The lowest BCUT2D eigenvalue weighted by atomic mass is 10.1. The van der Waals surface area contributed by atoms with Crippen LogP contribution in [0, 0.1) is 12.7 Å². The summed E-state index contributed by atoms with van der Waals surface area (Å²) < 4.78 is 49.3. The van der Waals surface area contributed by atoms with Gasteiger partial charge in [0.05, 0.1) is 7.11 Å². The molecule has 0 saturated heterocycles. The highest BCUT2D eigenvalue weighted by Gasteiger charge is 2.23. The van der Waals surface area contributed by atoms with Gasteiger partial charge >= 0.3 is 16.1 Å². The van der Waals surface area contributed by atoms with Crippen molar-refractivity contribution in [2.45, 2.75) is 44.7 Å². The average molecular weight is 501 g/mol. The fourth-order valence-electron chi connectivity index (χ4n) is 3.40. The second-order valence-electron chi connectivity index (χ2n) is 8.11. The molecule has 0 aliphatic heterocycles. The minimum Gasteiger partial charge on any atom is -0.493 e. The first kappa shape index (κ1) is 26.0. The highest BCUT2D eigenvalue weighted by molar-refractivity contribution is 7.87. The molecule has 1 N–H and O–H groups in total. The van der Waals surface area contributed by atoms with E-state index in [0.29, 0.717) is 5.56 Å². The summed E-state index contributed by atoms with van der Waals surface area (Å²) >= 11 is 0. The smallest absolute Gasteiger partial charge is 0.339 e. The monoisotopic (exact) mass is 500 g/mol. The number of carbonyl (C=O) groups excluding carboxylic acids is 1. The predicted octanol–water partition coefficient (Wildman–Crippen LogP) is 5.74. The second kappa shape index (κ2) is 11.2. The van der Waals surface area contributed by atoms with Gasteiger partial charge in [0, 0.05) is 18.3 Å². The molecule has 3 rings (SSSR count). The highest BCUT2D eigenvalue weighted by Crippen LogP contribution is 2.32. The number of para-hydroxylation sites is 1. The third kappa shape index (κ3) is 6.51. The molecule has 1 atom stereocenters. The van der Waals surface area contributed by atoms with E-state index in [0.717, 1.165) is 41.9 Å². The van der Waals surface area contributed by atoms with Crippen molar-refractivity contribution in [1.29, 1.82) is 0 Å². The van der Waals surface area contributed by atoms with E-state index >= 15 is 0 Å². The van der Waals surface area contributed by atoms with E-state index in [1.807, 2.05) is 45.0 Å². The van der Waals surface area contributed by atoms with Crippen LogP contribution in [0.2, 0.25) is 0 Å². The van der Waals surface area contributed by atoms with Crippen LogP contribution in [0.3, 0.4) is 0 Å². The topological polar surface area (TPSA) is 84.9 Å². The number of benzene rings is 3. The summed E-state index contributed by atoms with van der Waals surface area (Å²) in [5.74, 6) is -0.380. The normalized spacial score (nSPS) is 12.0. The Kier molecular flexibility index (Phi) is 8.34. The minimum absolute atomic E-state index is 0.0299. The summed E-state index contributed by atoms with van der Waals surface area (Å²) in [5.41, 5.74) is 2.31. The summed E-state index contributed by atoms with van der Waals surface area (Å²) in [4.78, 5) is 14.6. The predicted molar refractivity (Wildman–Crippen MR) is 133 cm³/mol. The molecular weight excluding hydrogens is 471 g/mol. The molecule has 7 nitrogen and oxygen atoms in total. The van der Waals surface area contributed by atoms with Gasteiger partial charge in [-0.15, -0.1) is 0 Å². The van der Waals surface area contributed by atoms with E-state index < -0.39 is 15.9 Å². The van der Waals surface area contributed by atoms with Crippen molar-refractivity contribution in [3.63, 3.8) is 0 Å². The van der Waals surface area contributed by atoms with Crippen LogP contribution in [-0.2, 0) is 16.7 Å². The first-order chi connectivity index (χ1) is 16.6. The maximum Gasteiger partial charge on any atom is 0.339 e. The zero-order chi connectivity index (χ0) is 25.6. The summed E-state index contributed by atoms with van der Waals surface area (Å²) in [6.45, 7) is 6.05. The number of amides is 2. The fraction of sp³-hybridized carbons (Fsp3) is 0.269. The number of anilines is 1. The zero-order valence-corrected chi connectivity index (χ0v) is 20.9. The molecule has 0 aromatic heterocycles. The van der Waals surface area contributed by atoms with Crippen molar-refractivity contribution in [1.82, 2.24) is 4.90 Å². The molecule has 0 saturated carbocycles. The van der Waals surface area contributed by atoms with Crippen LogP contribution in [0.15, 0.2) is 71.6 Å². The zero-order valence-electron chi connectivity index (χ0n) is 20.1. The Morgan fingerprint density at radius 3 is 2.37 bits per heavy atom. The Bertz CT molecular complexity index is 1280. The number of aryl methyl sites for hydroxylation is 1. The number of hydrogen-bond donors (Lipinski definition) is 1. The first-order valence-corrected chi connectivity index (χ1v) is 12.6. The number of rotatable bonds is 9. The van der Waals surface area contributed by atoms with Gasteiger partial charge in [-0.3, -0.25) is 0 Å². The maximum absolute atomic E-state index is 13.2. The Morgan fingerprint density at radius 2 is 1.74 bits per heavy atom. The van der Waals surface area contributed by atoms with E-state index in [1.165, 1.54) is 13.2 Å². The largest absolute Gasteiger partial charge is 0.493 e. The Balaban J connectivity index is 1.87. The number of urea groups is 1. The lowest BCUT2D eigenvalue weighted by Gasteiger charge is -2.29. The molecule has 9 heteroatoms. The number of nitrogens with zero attached hydrogens (tertiary/aromatic N) is 1. The molecule has 2 amide bonds. The minimum atomic E-state index is -4.23. The van der Waals surface area contributed by atoms with Crippen molar-refractivity contribution in [3.8, 4) is 11.5 Å². The van der Waals surface area contributed by atoms with Crippen molar-refractivity contribution in [3.05, 3.63) is 83.7 Å². The summed E-state index contributed by atoms with van der Waals surface area (Å²) in [6, 6.07) is 16.3. The molecule has 3 aromatic rings. The third-order valence-corrected chi connectivity index (χ3v) is 6.90. The summed E-state index contributed by atoms with van der Waals surface area (Å²) in [6.07, 6.45) is 0.722. The number of nitrogens with one attached hydrogen (secondary N) is 1. The molecular formula is C26H29FN2O5S. The second-order valence-corrected chi connectivity index (χ2v) is 9.65. The van der Waals surface area contributed by atoms with Crippen LogP contribution >= 0.6 is 0 Å². The lowest BCUT2D eigenvalue weighted by molar-refractivity contribution is 0.187. The van der Waals surface area contributed by atoms with Crippen LogP contribution in [0.5, 0.6) is 11.5 Å². The Morgan fingerprint density at radius 1 is 1.06 bits per heavy atom. The number of halogens is 1. The molecule has 0 fully saturated rings. The molecule has 0 bridgehead atoms. The van der Waals surface area contributed by atoms with Crippen LogP contribution in [0.25, 0.3) is 0 Å². The van der Waals surface area contributed by atoms with Crippen molar-refractivity contribution in [2.24, 2.45) is 0 Å². The molecule has 0 spiro atoms. The maximum atomic E-state index is 13.2. The number of methoxy groups -OCH3 is 1. The average Bonchev–Trinajstić information content (AvgIpc) is 2.83. The van der Waals surface area contributed by atoms with E-state index in [1.54, 1.807) is 17.0 Å². The quantitative estimate of drug-likeness (QED) is 0.379. The number of ether oxygens (including phenoxy) is 1. The van der Waals surface area contributed by atoms with Crippen LogP contribution in [-0.4, -0.2) is 32.5 Å². The van der Waals surface area contributed by atoms with Gasteiger partial charge in [0.1, 0.15) is 10.7 Å². The third-order valence-electron chi connectivity index (χ3n) is 5.65. The molecule has 0 unspecified atom stereocenters. The van der Waals surface area contributed by atoms with Gasteiger partial charge in [0.15, 0.2) is 11.5 Å². The lowest BCUT2D eigenvalue weighted by Crippen LogP contribution is -2.40. The Labute approximate surface area is 205 Å².